The highest BCUT2D eigenvalue weighted by atomic mass is 14.2. The first kappa shape index (κ1) is 10.1. The van der Waals surface area contributed by atoms with Crippen LogP contribution in [0.3, 0.4) is 0 Å². The molecular weight excluding hydrogens is 216 g/mol. The number of hydrogen-bond acceptors (Lipinski definition) is 0. The maximum absolute atomic E-state index is 2.43. The molecule has 3 aliphatic rings. The largest absolute Gasteiger partial charge is 0.0767 e. The molecule has 0 heteroatoms. The molecule has 0 radical (unpaired) electrons. The van der Waals surface area contributed by atoms with Crippen molar-refractivity contribution in [2.75, 3.05) is 0 Å². The second-order valence-corrected chi connectivity index (χ2v) is 5.26. The normalized spacial score (nSPS) is 23.1. The molecule has 0 heterocycles. The third-order valence-corrected chi connectivity index (χ3v) is 4.22. The molecule has 1 unspecified atom stereocenters. The van der Waals surface area contributed by atoms with Crippen molar-refractivity contribution in [3.8, 4) is 0 Å². The molecule has 0 N–H and O–H groups in total. The minimum Gasteiger partial charge on any atom is -0.0767 e. The molecular formula is C18H16. The highest BCUT2D eigenvalue weighted by Crippen LogP contribution is 2.23. The highest BCUT2D eigenvalue weighted by molar-refractivity contribution is 5.67. The first-order chi connectivity index (χ1) is 8.93. The van der Waals surface area contributed by atoms with Gasteiger partial charge in [0.25, 0.3) is 0 Å². The Labute approximate surface area is 107 Å². The van der Waals surface area contributed by atoms with Crippen molar-refractivity contribution < 1.29 is 0 Å². The molecule has 0 amide bonds. The van der Waals surface area contributed by atoms with Gasteiger partial charge in [0, 0.05) is 5.92 Å². The zero-order valence-electron chi connectivity index (χ0n) is 10.4. The Morgan fingerprint density at radius 1 is 0.889 bits per heavy atom. The van der Waals surface area contributed by atoms with Crippen LogP contribution in [0.25, 0.3) is 23.8 Å². The molecule has 0 aliphatic heterocycles. The van der Waals surface area contributed by atoms with Gasteiger partial charge in [0.05, 0.1) is 0 Å². The topological polar surface area (TPSA) is 0 Å². The van der Waals surface area contributed by atoms with Crippen molar-refractivity contribution in [2.24, 2.45) is 5.92 Å². The van der Waals surface area contributed by atoms with Crippen LogP contribution in [-0.4, -0.2) is 0 Å². The molecule has 88 valence electrons. The maximum atomic E-state index is 2.43. The van der Waals surface area contributed by atoms with Crippen molar-refractivity contribution >= 4 is 23.8 Å². The average Bonchev–Trinajstić information content (AvgIpc) is 2.46. The monoisotopic (exact) mass is 232 g/mol. The molecule has 0 spiro atoms. The lowest BCUT2D eigenvalue weighted by atomic mass is 9.85. The van der Waals surface area contributed by atoms with Gasteiger partial charge in [-0.15, -0.1) is 0 Å². The van der Waals surface area contributed by atoms with E-state index in [0.717, 1.165) is 6.42 Å². The highest BCUT2D eigenvalue weighted by Gasteiger charge is 2.15. The molecule has 0 bridgehead atoms. The molecule has 0 nitrogen and oxygen atoms in total. The smallest absolute Gasteiger partial charge is 0.00620 e. The zero-order chi connectivity index (χ0) is 11.9. The van der Waals surface area contributed by atoms with E-state index >= 15 is 0 Å². The molecule has 1 aromatic rings. The Morgan fingerprint density at radius 3 is 2.83 bits per heavy atom. The van der Waals surface area contributed by atoms with Crippen molar-refractivity contribution in [1.82, 2.24) is 0 Å². The minimum atomic E-state index is 0.591. The second kappa shape index (κ2) is 3.84. The average molecular weight is 232 g/mol. The standard InChI is InChI=1S/C18H16/c1-3-7-15-13(5-1)9-11-18-16-8-4-2-6-14(16)10-12-17(15)18/h1,3,5-8,10-13H,2,4,9H2. The predicted octanol–water partition coefficient (Wildman–Crippen LogP) is 1.12. The number of rotatable bonds is 0. The Balaban J connectivity index is 2.19. The predicted molar refractivity (Wildman–Crippen MR) is 77.4 cm³/mol. The summed E-state index contributed by atoms with van der Waals surface area (Å²) in [7, 11) is 0. The van der Waals surface area contributed by atoms with Gasteiger partial charge in [0.15, 0.2) is 0 Å². The molecule has 4 rings (SSSR count). The summed E-state index contributed by atoms with van der Waals surface area (Å²) in [5.74, 6) is 0.591. The molecule has 0 fully saturated rings. The van der Waals surface area contributed by atoms with E-state index in [1.807, 2.05) is 0 Å². The fourth-order valence-electron chi connectivity index (χ4n) is 3.32. The number of fused-ring (bicyclic) bond motifs is 4. The summed E-state index contributed by atoms with van der Waals surface area (Å²) in [5, 5.41) is 5.80. The quantitative estimate of drug-likeness (QED) is 0.629. The van der Waals surface area contributed by atoms with E-state index in [9.17, 15) is 0 Å². The van der Waals surface area contributed by atoms with E-state index < -0.39 is 0 Å². The zero-order valence-corrected chi connectivity index (χ0v) is 10.4. The lowest BCUT2D eigenvalue weighted by molar-refractivity contribution is 0.861. The summed E-state index contributed by atoms with van der Waals surface area (Å²) in [6, 6.07) is 4.60. The molecule has 0 saturated carbocycles. The molecule has 0 aromatic heterocycles. The first-order valence-electron chi connectivity index (χ1n) is 6.82. The van der Waals surface area contributed by atoms with E-state index in [1.165, 1.54) is 39.3 Å². The van der Waals surface area contributed by atoms with Gasteiger partial charge >= 0.3 is 0 Å². The fourth-order valence-corrected chi connectivity index (χ4v) is 3.32. The molecule has 18 heavy (non-hydrogen) atoms. The van der Waals surface area contributed by atoms with Crippen LogP contribution in [0.4, 0.5) is 0 Å². The Morgan fingerprint density at radius 2 is 1.83 bits per heavy atom. The minimum absolute atomic E-state index is 0.591. The van der Waals surface area contributed by atoms with Crippen molar-refractivity contribution in [2.45, 2.75) is 19.3 Å². The summed E-state index contributed by atoms with van der Waals surface area (Å²) in [6.45, 7) is 0. The number of hydrogen-bond donors (Lipinski definition) is 0. The van der Waals surface area contributed by atoms with Gasteiger partial charge in [0.2, 0.25) is 0 Å². The van der Waals surface area contributed by atoms with Crippen molar-refractivity contribution in [3.63, 3.8) is 0 Å². The van der Waals surface area contributed by atoms with Crippen LogP contribution < -0.4 is 20.9 Å². The van der Waals surface area contributed by atoms with Crippen LogP contribution in [0.2, 0.25) is 0 Å². The maximum Gasteiger partial charge on any atom is 0.00620 e. The molecule has 1 atom stereocenters. The second-order valence-electron chi connectivity index (χ2n) is 5.26. The van der Waals surface area contributed by atoms with Gasteiger partial charge in [-0.2, -0.15) is 0 Å². The van der Waals surface area contributed by atoms with Gasteiger partial charge < -0.3 is 0 Å². The summed E-state index contributed by atoms with van der Waals surface area (Å²) >= 11 is 0. The first-order valence-corrected chi connectivity index (χ1v) is 6.82. The summed E-state index contributed by atoms with van der Waals surface area (Å²) in [5.41, 5.74) is 1.50. The van der Waals surface area contributed by atoms with Crippen LogP contribution in [0.5, 0.6) is 0 Å². The fraction of sp³-hybridized carbons (Fsp3) is 0.222. The van der Waals surface area contributed by atoms with E-state index in [-0.39, 0.29) is 0 Å². The van der Waals surface area contributed by atoms with Gasteiger partial charge in [0.1, 0.15) is 0 Å². The van der Waals surface area contributed by atoms with Crippen LogP contribution >= 0.6 is 0 Å². The van der Waals surface area contributed by atoms with Gasteiger partial charge in [-0.1, -0.05) is 54.7 Å². The third-order valence-electron chi connectivity index (χ3n) is 4.22. The number of benzene rings is 1. The van der Waals surface area contributed by atoms with Gasteiger partial charge in [-0.05, 0) is 45.7 Å². The van der Waals surface area contributed by atoms with Crippen molar-refractivity contribution in [1.29, 1.82) is 0 Å². The third kappa shape index (κ3) is 1.38. The number of allylic oxidation sites excluding steroid dienone is 4. The Kier molecular flexibility index (Phi) is 2.16. The van der Waals surface area contributed by atoms with E-state index in [1.54, 1.807) is 0 Å². The van der Waals surface area contributed by atoms with Gasteiger partial charge in [-0.3, -0.25) is 0 Å². The molecule has 0 saturated heterocycles. The molecule has 1 aromatic carbocycles. The Hall–Kier alpha value is -1.82. The van der Waals surface area contributed by atoms with E-state index in [4.69, 9.17) is 0 Å². The summed E-state index contributed by atoms with van der Waals surface area (Å²) in [6.07, 6.45) is 19.7. The van der Waals surface area contributed by atoms with Crippen LogP contribution in [0.1, 0.15) is 19.3 Å². The summed E-state index contributed by atoms with van der Waals surface area (Å²) in [4.78, 5) is 0. The van der Waals surface area contributed by atoms with E-state index in [0.29, 0.717) is 5.92 Å². The van der Waals surface area contributed by atoms with Crippen LogP contribution in [0, 0.1) is 5.92 Å². The lowest BCUT2D eigenvalue weighted by Gasteiger charge is -2.19. The van der Waals surface area contributed by atoms with Crippen LogP contribution in [-0.2, 0) is 0 Å². The SMILES string of the molecule is C1=CC2=c3ccc4c(c3=CCC2C=C1)=CCCC=4. The van der Waals surface area contributed by atoms with E-state index in [2.05, 4.69) is 54.7 Å². The van der Waals surface area contributed by atoms with Crippen molar-refractivity contribution in [3.05, 3.63) is 57.3 Å². The lowest BCUT2D eigenvalue weighted by Crippen LogP contribution is -2.51. The summed E-state index contributed by atoms with van der Waals surface area (Å²) < 4.78 is 0. The Bertz CT molecular complexity index is 801. The van der Waals surface area contributed by atoms with Crippen LogP contribution in [0.15, 0.2) is 36.4 Å². The molecule has 3 aliphatic carbocycles. The van der Waals surface area contributed by atoms with Gasteiger partial charge in [-0.25, -0.2) is 0 Å².